The van der Waals surface area contributed by atoms with Crippen LogP contribution in [0.3, 0.4) is 0 Å². The minimum absolute atomic E-state index is 0.265. The highest BCUT2D eigenvalue weighted by atomic mass is 16.5. The van der Waals surface area contributed by atoms with Crippen LogP contribution in [-0.4, -0.2) is 47.6 Å². The molecule has 9 heteroatoms. The van der Waals surface area contributed by atoms with Crippen LogP contribution >= 0.6 is 0 Å². The fourth-order valence-corrected chi connectivity index (χ4v) is 3.91. The van der Waals surface area contributed by atoms with Gasteiger partial charge in [-0.2, -0.15) is 0 Å². The summed E-state index contributed by atoms with van der Waals surface area (Å²) in [5.74, 6) is 1.76. The molecule has 3 N–H and O–H groups in total. The molecule has 0 aliphatic rings. The van der Waals surface area contributed by atoms with Crippen LogP contribution in [0, 0.1) is 13.8 Å². The number of para-hydroxylation sites is 1. The number of ether oxygens (including phenoxy) is 2. The number of aromatic amines is 1. The van der Waals surface area contributed by atoms with Crippen LogP contribution in [0.5, 0.6) is 11.5 Å². The first-order chi connectivity index (χ1) is 17.9. The second kappa shape index (κ2) is 11.9. The Morgan fingerprint density at radius 3 is 2.59 bits per heavy atom. The van der Waals surface area contributed by atoms with Crippen molar-refractivity contribution >= 4 is 34.8 Å². The first kappa shape index (κ1) is 25.4. The number of nitrogens with one attached hydrogen (secondary N) is 3. The van der Waals surface area contributed by atoms with Gasteiger partial charge in [0.15, 0.2) is 0 Å². The number of guanidine groups is 1. The van der Waals surface area contributed by atoms with Crippen molar-refractivity contribution in [3.8, 4) is 11.5 Å². The molecule has 0 aliphatic carbocycles. The number of anilines is 1. The molecule has 190 valence electrons. The third-order valence-corrected chi connectivity index (χ3v) is 5.63. The van der Waals surface area contributed by atoms with Gasteiger partial charge in [-0.25, -0.2) is 9.97 Å². The van der Waals surface area contributed by atoms with Crippen molar-refractivity contribution in [3.63, 3.8) is 0 Å². The molecule has 4 rings (SSSR count). The minimum atomic E-state index is -0.347. The maximum Gasteiger partial charge on any atom is 0.250 e. The molecule has 37 heavy (non-hydrogen) atoms. The third kappa shape index (κ3) is 6.72. The monoisotopic (exact) mass is 498 g/mol. The highest BCUT2D eigenvalue weighted by Gasteiger charge is 2.09. The molecule has 0 radical (unpaired) electrons. The highest BCUT2D eigenvalue weighted by molar-refractivity contribution is 6.08. The zero-order valence-electron chi connectivity index (χ0n) is 21.3. The van der Waals surface area contributed by atoms with Crippen LogP contribution in [0.4, 0.5) is 5.95 Å². The number of carbonyl (C=O) groups is 1. The largest absolute Gasteiger partial charge is 0.497 e. The zero-order valence-corrected chi connectivity index (χ0v) is 21.3. The molecule has 0 spiro atoms. The lowest BCUT2D eigenvalue weighted by Gasteiger charge is -2.10. The summed E-state index contributed by atoms with van der Waals surface area (Å²) in [6.07, 6.45) is 5.76. The number of hydrogen-bond donors (Lipinski definition) is 3. The van der Waals surface area contributed by atoms with E-state index in [0.29, 0.717) is 24.7 Å². The van der Waals surface area contributed by atoms with E-state index in [-0.39, 0.29) is 11.9 Å². The first-order valence-electron chi connectivity index (χ1n) is 11.8. The molecule has 2 aromatic heterocycles. The number of amides is 1. The second-order valence-electron chi connectivity index (χ2n) is 8.37. The van der Waals surface area contributed by atoms with Crippen molar-refractivity contribution in [1.29, 1.82) is 0 Å². The van der Waals surface area contributed by atoms with Crippen molar-refractivity contribution in [2.24, 2.45) is 4.99 Å². The molecule has 0 bridgehead atoms. The molecule has 0 saturated carbocycles. The number of hydrogen-bond acceptors (Lipinski definition) is 6. The molecule has 9 nitrogen and oxygen atoms in total. The molecule has 0 saturated heterocycles. The number of benzene rings is 2. The van der Waals surface area contributed by atoms with Gasteiger partial charge in [-0.15, -0.1) is 0 Å². The number of H-pyrrole nitrogens is 1. The summed E-state index contributed by atoms with van der Waals surface area (Å²) in [6.45, 7) is 4.21. The van der Waals surface area contributed by atoms with Gasteiger partial charge in [0.05, 0.1) is 14.2 Å². The van der Waals surface area contributed by atoms with Crippen molar-refractivity contribution < 1.29 is 14.3 Å². The van der Waals surface area contributed by atoms with Crippen LogP contribution in [0.15, 0.2) is 65.8 Å². The van der Waals surface area contributed by atoms with Gasteiger partial charge >= 0.3 is 0 Å². The van der Waals surface area contributed by atoms with Gasteiger partial charge in [-0.1, -0.05) is 18.2 Å². The van der Waals surface area contributed by atoms with Gasteiger partial charge in [-0.05, 0) is 56.2 Å². The molecule has 0 atom stereocenters. The Morgan fingerprint density at radius 2 is 1.84 bits per heavy atom. The van der Waals surface area contributed by atoms with Crippen LogP contribution in [0.2, 0.25) is 0 Å². The van der Waals surface area contributed by atoms with Crippen LogP contribution in [0.25, 0.3) is 17.0 Å². The number of nitrogens with zero attached hydrogens (tertiary/aromatic N) is 3. The lowest BCUT2D eigenvalue weighted by molar-refractivity contribution is -0.115. The molecule has 1 amide bonds. The molecule has 2 heterocycles. The van der Waals surface area contributed by atoms with Gasteiger partial charge in [-0.3, -0.25) is 20.4 Å². The SMILES string of the molecule is COc1ccc2c(CCN=C(NC(=O)C=Cc3ccccc3OC)Nc3nc(C)cc(C)n3)c[nH]c2c1. The van der Waals surface area contributed by atoms with Gasteiger partial charge in [0, 0.05) is 52.7 Å². The predicted octanol–water partition coefficient (Wildman–Crippen LogP) is 4.43. The Bertz CT molecular complexity index is 1440. The van der Waals surface area contributed by atoms with E-state index in [1.165, 1.54) is 6.08 Å². The van der Waals surface area contributed by atoms with Gasteiger partial charge in [0.1, 0.15) is 11.5 Å². The summed E-state index contributed by atoms with van der Waals surface area (Å²) >= 11 is 0. The molecule has 0 fully saturated rings. The summed E-state index contributed by atoms with van der Waals surface area (Å²) < 4.78 is 10.6. The Morgan fingerprint density at radius 1 is 1.05 bits per heavy atom. The number of fused-ring (bicyclic) bond motifs is 1. The second-order valence-corrected chi connectivity index (χ2v) is 8.37. The van der Waals surface area contributed by atoms with Crippen LogP contribution in [-0.2, 0) is 11.2 Å². The zero-order chi connectivity index (χ0) is 26.2. The van der Waals surface area contributed by atoms with Gasteiger partial charge in [0.25, 0.3) is 5.91 Å². The van der Waals surface area contributed by atoms with E-state index in [2.05, 4.69) is 30.6 Å². The Labute approximate surface area is 215 Å². The van der Waals surface area contributed by atoms with E-state index in [9.17, 15) is 4.79 Å². The summed E-state index contributed by atoms with van der Waals surface area (Å²) in [5, 5.41) is 6.97. The van der Waals surface area contributed by atoms with Crippen molar-refractivity contribution in [1.82, 2.24) is 20.3 Å². The van der Waals surface area contributed by atoms with E-state index in [0.717, 1.165) is 39.2 Å². The highest BCUT2D eigenvalue weighted by Crippen LogP contribution is 2.23. The number of aromatic nitrogens is 3. The lowest BCUT2D eigenvalue weighted by Crippen LogP contribution is -2.35. The van der Waals surface area contributed by atoms with Gasteiger partial charge in [0.2, 0.25) is 11.9 Å². The van der Waals surface area contributed by atoms with Crippen LogP contribution in [0.1, 0.15) is 22.5 Å². The maximum atomic E-state index is 12.8. The Hall–Kier alpha value is -4.66. The van der Waals surface area contributed by atoms with Crippen LogP contribution < -0.4 is 20.1 Å². The molecule has 0 unspecified atom stereocenters. The number of aryl methyl sites for hydroxylation is 2. The van der Waals surface area contributed by atoms with E-state index in [1.807, 2.05) is 68.6 Å². The predicted molar refractivity (Wildman–Crippen MR) is 146 cm³/mol. The van der Waals surface area contributed by atoms with E-state index in [4.69, 9.17) is 9.47 Å². The smallest absolute Gasteiger partial charge is 0.250 e. The fraction of sp³-hybridized carbons (Fsp3) is 0.214. The quantitative estimate of drug-likeness (QED) is 0.188. The summed E-state index contributed by atoms with van der Waals surface area (Å²) in [6, 6.07) is 15.3. The Balaban J connectivity index is 1.51. The van der Waals surface area contributed by atoms with Gasteiger partial charge < -0.3 is 14.5 Å². The lowest BCUT2D eigenvalue weighted by atomic mass is 10.1. The summed E-state index contributed by atoms with van der Waals surface area (Å²) in [5.41, 5.74) is 4.53. The molecular formula is C28H30N6O3. The van der Waals surface area contributed by atoms with Crippen molar-refractivity contribution in [3.05, 3.63) is 83.3 Å². The molecule has 2 aromatic carbocycles. The molecular weight excluding hydrogens is 468 g/mol. The number of methoxy groups -OCH3 is 2. The summed E-state index contributed by atoms with van der Waals surface area (Å²) in [4.78, 5) is 29.5. The maximum absolute atomic E-state index is 12.8. The molecule has 4 aromatic rings. The average molecular weight is 499 g/mol. The van der Waals surface area contributed by atoms with E-state index >= 15 is 0 Å². The van der Waals surface area contributed by atoms with E-state index < -0.39 is 0 Å². The van der Waals surface area contributed by atoms with Crippen molar-refractivity contribution in [2.75, 3.05) is 26.1 Å². The Kier molecular flexibility index (Phi) is 8.15. The van der Waals surface area contributed by atoms with E-state index in [1.54, 1.807) is 20.3 Å². The third-order valence-electron chi connectivity index (χ3n) is 5.63. The molecule has 0 aliphatic heterocycles. The minimum Gasteiger partial charge on any atom is -0.497 e. The summed E-state index contributed by atoms with van der Waals surface area (Å²) in [7, 11) is 3.24. The average Bonchev–Trinajstić information content (AvgIpc) is 3.29. The number of carbonyl (C=O) groups excluding carboxylic acids is 1. The fourth-order valence-electron chi connectivity index (χ4n) is 3.91. The topological polar surface area (TPSA) is 114 Å². The standard InChI is InChI=1S/C28H30N6O3/c1-18-15-19(2)32-28(31-18)34-27(33-26(35)12-9-20-7-5-6-8-25(20)37-4)29-14-13-21-17-30-24-16-22(36-3)10-11-23(21)24/h5-12,15-17,30H,13-14H2,1-4H3,(H2,29,31,32,33,34,35). The van der Waals surface area contributed by atoms with Crippen molar-refractivity contribution in [2.45, 2.75) is 20.3 Å². The number of aliphatic imine (C=N–C) groups is 1. The normalized spacial score (nSPS) is 11.6. The number of rotatable bonds is 8. The first-order valence-corrected chi connectivity index (χ1v) is 11.8.